The van der Waals surface area contributed by atoms with Crippen molar-refractivity contribution in [1.82, 2.24) is 10.2 Å². The molecule has 1 heterocycles. The molecule has 0 radical (unpaired) electrons. The first-order chi connectivity index (χ1) is 12.9. The van der Waals surface area contributed by atoms with Crippen LogP contribution in [-0.2, 0) is 11.3 Å². The summed E-state index contributed by atoms with van der Waals surface area (Å²) in [5.41, 5.74) is 1.43. The summed E-state index contributed by atoms with van der Waals surface area (Å²) in [5.74, 6) is -0.208. The summed E-state index contributed by atoms with van der Waals surface area (Å²) in [6.45, 7) is 1.52. The Morgan fingerprint density at radius 3 is 2.22 bits per heavy atom. The van der Waals surface area contributed by atoms with Gasteiger partial charge in [-0.3, -0.25) is 9.59 Å². The minimum absolute atomic E-state index is 0.0153. The van der Waals surface area contributed by atoms with E-state index < -0.39 is 0 Å². The molecule has 0 unspecified atom stereocenters. The fraction of sp³-hybridized carbons (Fsp3) is 0.300. The highest BCUT2D eigenvalue weighted by atomic mass is 35.5. The summed E-state index contributed by atoms with van der Waals surface area (Å²) in [5, 5.41) is 4.46. The fourth-order valence-electron chi connectivity index (χ4n) is 3.11. The van der Waals surface area contributed by atoms with Crippen LogP contribution in [0.15, 0.2) is 42.5 Å². The van der Waals surface area contributed by atoms with E-state index >= 15 is 0 Å². The van der Waals surface area contributed by atoms with Crippen LogP contribution in [0.2, 0.25) is 15.1 Å². The third-order valence-corrected chi connectivity index (χ3v) is 5.49. The topological polar surface area (TPSA) is 49.4 Å². The number of halogens is 3. The first kappa shape index (κ1) is 20.0. The molecule has 3 rings (SSSR count). The molecule has 27 heavy (non-hydrogen) atoms. The molecule has 4 nitrogen and oxygen atoms in total. The van der Waals surface area contributed by atoms with Gasteiger partial charge in [-0.25, -0.2) is 0 Å². The van der Waals surface area contributed by atoms with Gasteiger partial charge >= 0.3 is 0 Å². The van der Waals surface area contributed by atoms with Gasteiger partial charge < -0.3 is 10.2 Å². The SMILES string of the molecule is O=C(NCc1ccc(Cl)cc1)C1CCN(C(=O)c2ccc(Cl)cc2Cl)CC1. The number of likely N-dealkylation sites (tertiary alicyclic amines) is 1. The molecule has 0 bridgehead atoms. The van der Waals surface area contributed by atoms with E-state index in [1.165, 1.54) is 0 Å². The van der Waals surface area contributed by atoms with Gasteiger partial charge in [-0.2, -0.15) is 0 Å². The quantitative estimate of drug-likeness (QED) is 0.764. The molecule has 2 amide bonds. The fourth-order valence-corrected chi connectivity index (χ4v) is 3.73. The number of amides is 2. The summed E-state index contributed by atoms with van der Waals surface area (Å²) < 4.78 is 0. The van der Waals surface area contributed by atoms with Crippen LogP contribution < -0.4 is 5.32 Å². The number of benzene rings is 2. The van der Waals surface area contributed by atoms with Gasteiger partial charge in [-0.1, -0.05) is 46.9 Å². The summed E-state index contributed by atoms with van der Waals surface area (Å²) in [6.07, 6.45) is 1.26. The molecule has 0 atom stereocenters. The second-order valence-corrected chi connectivity index (χ2v) is 7.81. The predicted octanol–water partition coefficient (Wildman–Crippen LogP) is 4.82. The molecular formula is C20H19Cl3N2O2. The first-order valence-electron chi connectivity index (χ1n) is 8.70. The summed E-state index contributed by atoms with van der Waals surface area (Å²) in [7, 11) is 0. The minimum Gasteiger partial charge on any atom is -0.352 e. The van der Waals surface area contributed by atoms with E-state index in [1.54, 1.807) is 35.2 Å². The van der Waals surface area contributed by atoms with Gasteiger partial charge in [0.2, 0.25) is 5.91 Å². The maximum absolute atomic E-state index is 12.6. The van der Waals surface area contributed by atoms with Crippen molar-refractivity contribution < 1.29 is 9.59 Å². The lowest BCUT2D eigenvalue weighted by atomic mass is 9.95. The van der Waals surface area contributed by atoms with Gasteiger partial charge in [0.15, 0.2) is 0 Å². The smallest absolute Gasteiger partial charge is 0.255 e. The van der Waals surface area contributed by atoms with E-state index in [-0.39, 0.29) is 17.7 Å². The second-order valence-electron chi connectivity index (χ2n) is 6.53. The lowest BCUT2D eigenvalue weighted by Gasteiger charge is -2.31. The molecule has 1 aliphatic rings. The maximum atomic E-state index is 12.6. The van der Waals surface area contributed by atoms with E-state index in [9.17, 15) is 9.59 Å². The van der Waals surface area contributed by atoms with E-state index in [1.807, 2.05) is 12.1 Å². The molecule has 0 saturated carbocycles. The molecule has 0 aromatic heterocycles. The highest BCUT2D eigenvalue weighted by Crippen LogP contribution is 2.25. The molecular weight excluding hydrogens is 407 g/mol. The third-order valence-electron chi connectivity index (χ3n) is 4.69. The highest BCUT2D eigenvalue weighted by Gasteiger charge is 2.28. The van der Waals surface area contributed by atoms with Gasteiger partial charge in [-0.05, 0) is 48.7 Å². The zero-order valence-corrected chi connectivity index (χ0v) is 16.8. The molecule has 142 valence electrons. The van der Waals surface area contributed by atoms with Crippen molar-refractivity contribution in [2.24, 2.45) is 5.92 Å². The van der Waals surface area contributed by atoms with Crippen molar-refractivity contribution >= 4 is 46.6 Å². The van der Waals surface area contributed by atoms with Crippen molar-refractivity contribution in [1.29, 1.82) is 0 Å². The van der Waals surface area contributed by atoms with Crippen molar-refractivity contribution in [3.8, 4) is 0 Å². The maximum Gasteiger partial charge on any atom is 0.255 e. The molecule has 0 aliphatic carbocycles. The zero-order chi connectivity index (χ0) is 19.4. The molecule has 2 aromatic carbocycles. The molecule has 1 aliphatic heterocycles. The Hall–Kier alpha value is -1.75. The molecule has 1 fully saturated rings. The van der Waals surface area contributed by atoms with E-state index in [4.69, 9.17) is 34.8 Å². The molecule has 7 heteroatoms. The number of nitrogens with one attached hydrogen (secondary N) is 1. The standard InChI is InChI=1S/C20H19Cl3N2O2/c21-15-3-1-13(2-4-15)12-24-19(26)14-7-9-25(10-8-14)20(27)17-6-5-16(22)11-18(17)23/h1-6,11,14H,7-10,12H2,(H,24,26). The van der Waals surface area contributed by atoms with Crippen LogP contribution >= 0.6 is 34.8 Å². The highest BCUT2D eigenvalue weighted by molar-refractivity contribution is 6.36. The lowest BCUT2D eigenvalue weighted by Crippen LogP contribution is -2.43. The van der Waals surface area contributed by atoms with Gasteiger partial charge in [0.1, 0.15) is 0 Å². The summed E-state index contributed by atoms with van der Waals surface area (Å²) >= 11 is 17.9. The van der Waals surface area contributed by atoms with Crippen molar-refractivity contribution in [3.05, 3.63) is 68.7 Å². The Kier molecular flexibility index (Phi) is 6.64. The average molecular weight is 426 g/mol. The number of hydrogen-bond donors (Lipinski definition) is 1. The van der Waals surface area contributed by atoms with Crippen molar-refractivity contribution in [2.45, 2.75) is 19.4 Å². The largest absolute Gasteiger partial charge is 0.352 e. The Morgan fingerprint density at radius 2 is 1.59 bits per heavy atom. The number of carbonyl (C=O) groups is 2. The van der Waals surface area contributed by atoms with Crippen molar-refractivity contribution in [3.63, 3.8) is 0 Å². The van der Waals surface area contributed by atoms with Crippen LogP contribution in [0.5, 0.6) is 0 Å². The van der Waals surface area contributed by atoms with Crippen LogP contribution in [-0.4, -0.2) is 29.8 Å². The van der Waals surface area contributed by atoms with Crippen LogP contribution in [0, 0.1) is 5.92 Å². The monoisotopic (exact) mass is 424 g/mol. The van der Waals surface area contributed by atoms with Crippen LogP contribution in [0.1, 0.15) is 28.8 Å². The van der Waals surface area contributed by atoms with Gasteiger partial charge in [0.25, 0.3) is 5.91 Å². The number of nitrogens with zero attached hydrogens (tertiary/aromatic N) is 1. The van der Waals surface area contributed by atoms with Crippen molar-refractivity contribution in [2.75, 3.05) is 13.1 Å². The Labute approximate surface area is 173 Å². The lowest BCUT2D eigenvalue weighted by molar-refractivity contribution is -0.126. The first-order valence-corrected chi connectivity index (χ1v) is 9.84. The van der Waals surface area contributed by atoms with Gasteiger partial charge in [0.05, 0.1) is 10.6 Å². The molecule has 0 spiro atoms. The number of piperidine rings is 1. The number of carbonyl (C=O) groups excluding carboxylic acids is 2. The van der Waals surface area contributed by atoms with Crippen LogP contribution in [0.3, 0.4) is 0 Å². The van der Waals surface area contributed by atoms with Crippen LogP contribution in [0.25, 0.3) is 0 Å². The Balaban J connectivity index is 1.51. The number of hydrogen-bond acceptors (Lipinski definition) is 2. The Morgan fingerprint density at radius 1 is 0.963 bits per heavy atom. The van der Waals surface area contributed by atoms with E-state index in [0.29, 0.717) is 53.1 Å². The normalized spacial score (nSPS) is 14.9. The second kappa shape index (κ2) is 8.96. The summed E-state index contributed by atoms with van der Waals surface area (Å²) in [4.78, 5) is 26.8. The van der Waals surface area contributed by atoms with Gasteiger partial charge in [-0.15, -0.1) is 0 Å². The molecule has 1 N–H and O–H groups in total. The predicted molar refractivity (Wildman–Crippen MR) is 108 cm³/mol. The summed E-state index contributed by atoms with van der Waals surface area (Å²) in [6, 6.07) is 12.2. The minimum atomic E-state index is -0.128. The third kappa shape index (κ3) is 5.16. The number of rotatable bonds is 4. The van der Waals surface area contributed by atoms with Crippen LogP contribution in [0.4, 0.5) is 0 Å². The average Bonchev–Trinajstić information content (AvgIpc) is 2.67. The molecule has 2 aromatic rings. The van der Waals surface area contributed by atoms with E-state index in [2.05, 4.69) is 5.32 Å². The Bertz CT molecular complexity index is 832. The zero-order valence-electron chi connectivity index (χ0n) is 14.6. The molecule has 1 saturated heterocycles. The van der Waals surface area contributed by atoms with Gasteiger partial charge in [0, 0.05) is 35.6 Å². The van der Waals surface area contributed by atoms with E-state index in [0.717, 1.165) is 5.56 Å².